The summed E-state index contributed by atoms with van der Waals surface area (Å²) < 4.78 is 31.0. The monoisotopic (exact) mass is 245 g/mol. The summed E-state index contributed by atoms with van der Waals surface area (Å²) in [5.74, 6) is -1.17. The molecule has 2 N–H and O–H groups in total. The number of likely N-dealkylation sites (N-methyl/N-ethyl adjacent to an activating group) is 1. The number of halogens is 2. The van der Waals surface area contributed by atoms with Gasteiger partial charge >= 0.3 is 0 Å². The summed E-state index contributed by atoms with van der Waals surface area (Å²) in [5, 5.41) is 11.9. The molecule has 0 amide bonds. The second-order valence-corrected chi connectivity index (χ2v) is 3.68. The van der Waals surface area contributed by atoms with E-state index in [2.05, 4.69) is 5.32 Å². The third-order valence-corrected chi connectivity index (χ3v) is 2.26. The lowest BCUT2D eigenvalue weighted by atomic mass is 10.2. The molecule has 1 atom stereocenters. The van der Waals surface area contributed by atoms with E-state index in [1.807, 2.05) is 6.92 Å². The Morgan fingerprint density at radius 1 is 1.29 bits per heavy atom. The summed E-state index contributed by atoms with van der Waals surface area (Å²) in [4.78, 5) is 0. The molecule has 1 aromatic carbocycles. The molecule has 96 valence electrons. The van der Waals surface area contributed by atoms with Crippen LogP contribution < -0.4 is 10.1 Å². The van der Waals surface area contributed by atoms with Crippen LogP contribution in [-0.2, 0) is 0 Å². The van der Waals surface area contributed by atoms with Gasteiger partial charge in [-0.2, -0.15) is 0 Å². The molecule has 0 aliphatic heterocycles. The topological polar surface area (TPSA) is 41.5 Å². The van der Waals surface area contributed by atoms with Crippen molar-refractivity contribution in [3.05, 3.63) is 29.8 Å². The van der Waals surface area contributed by atoms with Crippen LogP contribution in [-0.4, -0.2) is 30.9 Å². The van der Waals surface area contributed by atoms with Crippen LogP contribution in [0, 0.1) is 11.6 Å². The molecule has 0 fully saturated rings. The Labute approximate surface area is 99.4 Å². The lowest BCUT2D eigenvalue weighted by molar-refractivity contribution is 0.214. The summed E-state index contributed by atoms with van der Waals surface area (Å²) >= 11 is 0. The van der Waals surface area contributed by atoms with Gasteiger partial charge in [0.1, 0.15) is 24.0 Å². The van der Waals surface area contributed by atoms with E-state index in [-0.39, 0.29) is 25.0 Å². The van der Waals surface area contributed by atoms with E-state index in [1.54, 1.807) is 0 Å². The highest BCUT2D eigenvalue weighted by Crippen LogP contribution is 2.15. The van der Waals surface area contributed by atoms with Crippen LogP contribution in [0.25, 0.3) is 0 Å². The van der Waals surface area contributed by atoms with Crippen molar-refractivity contribution in [2.75, 3.05) is 19.8 Å². The number of hydrogen-bond donors (Lipinski definition) is 2. The van der Waals surface area contributed by atoms with Crippen molar-refractivity contribution in [1.29, 1.82) is 0 Å². The molecular formula is C12H17F2NO2. The molecule has 0 aliphatic carbocycles. The number of ether oxygens (including phenoxy) is 1. The fourth-order valence-electron chi connectivity index (χ4n) is 1.50. The van der Waals surface area contributed by atoms with Gasteiger partial charge in [0.05, 0.1) is 0 Å². The standard InChI is InChI=1S/C12H17F2NO2/c1-2-15-11(3-4-16)8-17-12-6-9(13)5-10(14)7-12/h5-7,11,15-16H,2-4,8H2,1H3. The average molecular weight is 245 g/mol. The third kappa shape index (κ3) is 5.10. The quantitative estimate of drug-likeness (QED) is 0.768. The maximum Gasteiger partial charge on any atom is 0.129 e. The Morgan fingerprint density at radius 3 is 2.47 bits per heavy atom. The zero-order chi connectivity index (χ0) is 12.7. The molecule has 1 rings (SSSR count). The number of rotatable bonds is 7. The van der Waals surface area contributed by atoms with E-state index >= 15 is 0 Å². The number of hydrogen-bond acceptors (Lipinski definition) is 3. The summed E-state index contributed by atoms with van der Waals surface area (Å²) in [7, 11) is 0. The first-order valence-corrected chi connectivity index (χ1v) is 5.58. The minimum absolute atomic E-state index is 0.0312. The largest absolute Gasteiger partial charge is 0.492 e. The molecule has 5 heteroatoms. The van der Waals surface area contributed by atoms with Gasteiger partial charge in [0.2, 0.25) is 0 Å². The van der Waals surface area contributed by atoms with E-state index in [0.717, 1.165) is 24.7 Å². The van der Waals surface area contributed by atoms with Crippen LogP contribution in [0.2, 0.25) is 0 Å². The Morgan fingerprint density at radius 2 is 1.94 bits per heavy atom. The second-order valence-electron chi connectivity index (χ2n) is 3.68. The summed E-state index contributed by atoms with van der Waals surface area (Å²) in [6.07, 6.45) is 0.533. The van der Waals surface area contributed by atoms with Gasteiger partial charge in [0.15, 0.2) is 0 Å². The maximum absolute atomic E-state index is 12.9. The Kier molecular flexibility index (Phi) is 5.86. The van der Waals surface area contributed by atoms with Gasteiger partial charge in [-0.15, -0.1) is 0 Å². The molecule has 17 heavy (non-hydrogen) atoms. The Bertz CT molecular complexity index is 321. The van der Waals surface area contributed by atoms with E-state index in [0.29, 0.717) is 6.42 Å². The molecule has 1 aromatic rings. The summed E-state index contributed by atoms with van der Waals surface area (Å²) in [5.41, 5.74) is 0. The van der Waals surface area contributed by atoms with Gasteiger partial charge < -0.3 is 15.2 Å². The van der Waals surface area contributed by atoms with Crippen molar-refractivity contribution in [2.24, 2.45) is 0 Å². The maximum atomic E-state index is 12.9. The van der Waals surface area contributed by atoms with E-state index in [1.165, 1.54) is 0 Å². The summed E-state index contributed by atoms with van der Waals surface area (Å²) in [6, 6.07) is 3.02. The third-order valence-electron chi connectivity index (χ3n) is 2.26. The van der Waals surface area contributed by atoms with Crippen molar-refractivity contribution < 1.29 is 18.6 Å². The van der Waals surface area contributed by atoms with Gasteiger partial charge in [-0.1, -0.05) is 6.92 Å². The first-order valence-electron chi connectivity index (χ1n) is 5.58. The number of aliphatic hydroxyl groups excluding tert-OH is 1. The first kappa shape index (κ1) is 13.9. The van der Waals surface area contributed by atoms with Crippen molar-refractivity contribution in [3.63, 3.8) is 0 Å². The van der Waals surface area contributed by atoms with E-state index in [4.69, 9.17) is 9.84 Å². The Balaban J connectivity index is 2.52. The predicted octanol–water partition coefficient (Wildman–Crippen LogP) is 1.70. The van der Waals surface area contributed by atoms with Crippen molar-refractivity contribution in [2.45, 2.75) is 19.4 Å². The lowest BCUT2D eigenvalue weighted by Crippen LogP contribution is -2.35. The molecule has 0 aliphatic rings. The van der Waals surface area contributed by atoms with Crippen LogP contribution >= 0.6 is 0 Å². The number of benzene rings is 1. The van der Waals surface area contributed by atoms with Gasteiger partial charge in [-0.3, -0.25) is 0 Å². The zero-order valence-corrected chi connectivity index (χ0v) is 9.75. The molecule has 0 heterocycles. The van der Waals surface area contributed by atoms with Crippen LogP contribution in [0.3, 0.4) is 0 Å². The van der Waals surface area contributed by atoms with Crippen molar-refractivity contribution in [1.82, 2.24) is 5.32 Å². The highest BCUT2D eigenvalue weighted by atomic mass is 19.1. The van der Waals surface area contributed by atoms with Crippen LogP contribution in [0.15, 0.2) is 18.2 Å². The second kappa shape index (κ2) is 7.19. The number of aliphatic hydroxyl groups is 1. The summed E-state index contributed by atoms with van der Waals surface area (Å²) in [6.45, 7) is 2.98. The highest BCUT2D eigenvalue weighted by Gasteiger charge is 2.08. The van der Waals surface area contributed by atoms with Crippen LogP contribution in [0.5, 0.6) is 5.75 Å². The van der Waals surface area contributed by atoms with E-state index < -0.39 is 11.6 Å². The molecular weight excluding hydrogens is 228 g/mol. The lowest BCUT2D eigenvalue weighted by Gasteiger charge is -2.17. The van der Waals surface area contributed by atoms with E-state index in [9.17, 15) is 8.78 Å². The predicted molar refractivity (Wildman–Crippen MR) is 61.0 cm³/mol. The highest BCUT2D eigenvalue weighted by molar-refractivity contribution is 5.23. The van der Waals surface area contributed by atoms with Crippen LogP contribution in [0.4, 0.5) is 8.78 Å². The number of nitrogens with one attached hydrogen (secondary N) is 1. The smallest absolute Gasteiger partial charge is 0.129 e. The van der Waals surface area contributed by atoms with Crippen molar-refractivity contribution in [3.8, 4) is 5.75 Å². The fraction of sp³-hybridized carbons (Fsp3) is 0.500. The fourth-order valence-corrected chi connectivity index (χ4v) is 1.50. The first-order chi connectivity index (χ1) is 8.15. The molecule has 0 bridgehead atoms. The van der Waals surface area contributed by atoms with Crippen LogP contribution in [0.1, 0.15) is 13.3 Å². The molecule has 0 saturated heterocycles. The van der Waals surface area contributed by atoms with Gasteiger partial charge in [-0.25, -0.2) is 8.78 Å². The van der Waals surface area contributed by atoms with Gasteiger partial charge in [0, 0.05) is 30.8 Å². The molecule has 0 radical (unpaired) electrons. The normalized spacial score (nSPS) is 12.5. The molecule has 0 saturated carbocycles. The molecule has 1 unspecified atom stereocenters. The molecule has 0 spiro atoms. The SMILES string of the molecule is CCNC(CCO)COc1cc(F)cc(F)c1. The minimum Gasteiger partial charge on any atom is -0.492 e. The molecule has 3 nitrogen and oxygen atoms in total. The van der Waals surface area contributed by atoms with Gasteiger partial charge in [-0.05, 0) is 13.0 Å². The minimum atomic E-state index is -0.665. The average Bonchev–Trinajstić information content (AvgIpc) is 2.25. The molecule has 0 aromatic heterocycles. The van der Waals surface area contributed by atoms with Gasteiger partial charge in [0.25, 0.3) is 0 Å². The zero-order valence-electron chi connectivity index (χ0n) is 9.75. The Hall–Kier alpha value is -1.20. The van der Waals surface area contributed by atoms with Crippen molar-refractivity contribution >= 4 is 0 Å².